The number of piperidine rings is 1. The predicted octanol–water partition coefficient (Wildman–Crippen LogP) is 1.97. The maximum absolute atomic E-state index is 5.79. The van der Waals surface area contributed by atoms with Crippen molar-refractivity contribution in [3.05, 3.63) is 23.4 Å². The van der Waals surface area contributed by atoms with Crippen molar-refractivity contribution in [2.75, 3.05) is 26.2 Å². The van der Waals surface area contributed by atoms with Gasteiger partial charge >= 0.3 is 0 Å². The lowest BCUT2D eigenvalue weighted by molar-refractivity contribution is 0.180. The summed E-state index contributed by atoms with van der Waals surface area (Å²) in [5.41, 5.74) is 7.85. The SMILES string of the molecule is CCc1cc(CN)cc(OCCN2CCCCC2)n1. The largest absolute Gasteiger partial charge is 0.476 e. The van der Waals surface area contributed by atoms with Crippen LogP contribution in [0.25, 0.3) is 0 Å². The van der Waals surface area contributed by atoms with Crippen LogP contribution >= 0.6 is 0 Å². The summed E-state index contributed by atoms with van der Waals surface area (Å²) in [6.45, 7) is 6.76. The standard InChI is InChI=1S/C15H25N3O/c1-2-14-10-13(12-16)11-15(17-14)19-9-8-18-6-4-3-5-7-18/h10-11H,2-9,12,16H2,1H3. The molecule has 1 saturated heterocycles. The third kappa shape index (κ3) is 4.48. The number of rotatable bonds is 6. The highest BCUT2D eigenvalue weighted by molar-refractivity contribution is 5.25. The number of hydrogen-bond donors (Lipinski definition) is 1. The van der Waals surface area contributed by atoms with Crippen LogP contribution in [0.1, 0.15) is 37.4 Å². The van der Waals surface area contributed by atoms with E-state index in [4.69, 9.17) is 10.5 Å². The number of hydrogen-bond acceptors (Lipinski definition) is 4. The molecule has 0 radical (unpaired) electrons. The Balaban J connectivity index is 1.84. The molecule has 19 heavy (non-hydrogen) atoms. The van der Waals surface area contributed by atoms with Crippen molar-refractivity contribution >= 4 is 0 Å². The van der Waals surface area contributed by atoms with E-state index >= 15 is 0 Å². The Bertz CT molecular complexity index is 367. The molecule has 1 aliphatic heterocycles. The van der Waals surface area contributed by atoms with Gasteiger partial charge in [-0.05, 0) is 44.0 Å². The minimum absolute atomic E-state index is 0.540. The highest BCUT2D eigenvalue weighted by atomic mass is 16.5. The first-order valence-corrected chi connectivity index (χ1v) is 7.37. The van der Waals surface area contributed by atoms with E-state index in [9.17, 15) is 0 Å². The first kappa shape index (κ1) is 14.3. The summed E-state index contributed by atoms with van der Waals surface area (Å²) in [6, 6.07) is 4.01. The molecule has 0 aliphatic carbocycles. The Morgan fingerprint density at radius 1 is 1.26 bits per heavy atom. The maximum atomic E-state index is 5.79. The molecule has 1 aromatic heterocycles. The van der Waals surface area contributed by atoms with E-state index in [0.29, 0.717) is 13.2 Å². The van der Waals surface area contributed by atoms with Crippen molar-refractivity contribution in [2.24, 2.45) is 5.73 Å². The average Bonchev–Trinajstić information content (AvgIpc) is 2.48. The van der Waals surface area contributed by atoms with Crippen molar-refractivity contribution in [1.82, 2.24) is 9.88 Å². The fraction of sp³-hybridized carbons (Fsp3) is 0.667. The molecule has 0 unspecified atom stereocenters. The number of ether oxygens (including phenoxy) is 1. The molecule has 0 atom stereocenters. The third-order valence-electron chi connectivity index (χ3n) is 3.62. The molecule has 0 bridgehead atoms. The number of aromatic nitrogens is 1. The first-order valence-electron chi connectivity index (χ1n) is 7.37. The van der Waals surface area contributed by atoms with E-state index < -0.39 is 0 Å². The Morgan fingerprint density at radius 2 is 2.05 bits per heavy atom. The zero-order valence-corrected chi connectivity index (χ0v) is 11.9. The van der Waals surface area contributed by atoms with Crippen LogP contribution in [0.2, 0.25) is 0 Å². The fourth-order valence-electron chi connectivity index (χ4n) is 2.46. The molecule has 0 spiro atoms. The van der Waals surface area contributed by atoms with Crippen molar-refractivity contribution in [1.29, 1.82) is 0 Å². The molecule has 1 fully saturated rings. The van der Waals surface area contributed by atoms with Crippen LogP contribution in [-0.2, 0) is 13.0 Å². The molecule has 0 aromatic carbocycles. The second-order valence-electron chi connectivity index (χ2n) is 5.11. The van der Waals surface area contributed by atoms with Crippen LogP contribution in [0.4, 0.5) is 0 Å². The zero-order chi connectivity index (χ0) is 13.5. The lowest BCUT2D eigenvalue weighted by Crippen LogP contribution is -2.33. The Morgan fingerprint density at radius 3 is 2.74 bits per heavy atom. The highest BCUT2D eigenvalue weighted by Gasteiger charge is 2.10. The normalized spacial score (nSPS) is 16.5. The van der Waals surface area contributed by atoms with Crippen LogP contribution in [0.3, 0.4) is 0 Å². The van der Waals surface area contributed by atoms with E-state index in [0.717, 1.165) is 30.1 Å². The van der Waals surface area contributed by atoms with E-state index in [1.165, 1.54) is 32.4 Å². The number of aryl methyl sites for hydroxylation is 1. The van der Waals surface area contributed by atoms with E-state index in [1.807, 2.05) is 6.07 Å². The van der Waals surface area contributed by atoms with Gasteiger partial charge in [-0.3, -0.25) is 4.90 Å². The van der Waals surface area contributed by atoms with Gasteiger partial charge in [-0.2, -0.15) is 0 Å². The van der Waals surface area contributed by atoms with Crippen molar-refractivity contribution in [2.45, 2.75) is 39.2 Å². The van der Waals surface area contributed by atoms with Gasteiger partial charge in [0, 0.05) is 24.8 Å². The summed E-state index contributed by atoms with van der Waals surface area (Å²) in [5, 5.41) is 0. The van der Waals surface area contributed by atoms with E-state index in [1.54, 1.807) is 0 Å². The van der Waals surface area contributed by atoms with Crippen LogP contribution in [-0.4, -0.2) is 36.1 Å². The van der Waals surface area contributed by atoms with Crippen molar-refractivity contribution < 1.29 is 4.74 Å². The Hall–Kier alpha value is -1.13. The van der Waals surface area contributed by atoms with Gasteiger partial charge in [-0.1, -0.05) is 13.3 Å². The summed E-state index contributed by atoms with van der Waals surface area (Å²) >= 11 is 0. The second-order valence-corrected chi connectivity index (χ2v) is 5.11. The Labute approximate surface area is 116 Å². The Kier molecular flexibility index (Phi) is 5.61. The van der Waals surface area contributed by atoms with Gasteiger partial charge in [-0.15, -0.1) is 0 Å². The molecular weight excluding hydrogens is 238 g/mol. The number of likely N-dealkylation sites (tertiary alicyclic amines) is 1. The van der Waals surface area contributed by atoms with Gasteiger partial charge in [0.15, 0.2) is 0 Å². The predicted molar refractivity (Wildman–Crippen MR) is 77.3 cm³/mol. The zero-order valence-electron chi connectivity index (χ0n) is 11.9. The monoisotopic (exact) mass is 263 g/mol. The molecule has 0 saturated carbocycles. The van der Waals surface area contributed by atoms with Gasteiger partial charge < -0.3 is 10.5 Å². The minimum Gasteiger partial charge on any atom is -0.476 e. The second kappa shape index (κ2) is 7.46. The molecule has 0 amide bonds. The first-order chi connectivity index (χ1) is 9.31. The highest BCUT2D eigenvalue weighted by Crippen LogP contribution is 2.13. The average molecular weight is 263 g/mol. The topological polar surface area (TPSA) is 51.4 Å². The van der Waals surface area contributed by atoms with Gasteiger partial charge in [0.25, 0.3) is 0 Å². The van der Waals surface area contributed by atoms with Crippen molar-refractivity contribution in [3.63, 3.8) is 0 Å². The molecule has 1 aromatic rings. The smallest absolute Gasteiger partial charge is 0.213 e. The van der Waals surface area contributed by atoms with Crippen LogP contribution in [0.15, 0.2) is 12.1 Å². The van der Waals surface area contributed by atoms with Gasteiger partial charge in [0.2, 0.25) is 5.88 Å². The van der Waals surface area contributed by atoms with Crippen LogP contribution in [0.5, 0.6) is 5.88 Å². The lowest BCUT2D eigenvalue weighted by Gasteiger charge is -2.26. The molecular formula is C15H25N3O. The summed E-state index contributed by atoms with van der Waals surface area (Å²) in [7, 11) is 0. The molecule has 2 heterocycles. The quantitative estimate of drug-likeness (QED) is 0.852. The third-order valence-corrected chi connectivity index (χ3v) is 3.62. The molecule has 2 N–H and O–H groups in total. The van der Waals surface area contributed by atoms with Gasteiger partial charge in [-0.25, -0.2) is 4.98 Å². The number of pyridine rings is 1. The number of nitrogens with zero attached hydrogens (tertiary/aromatic N) is 2. The van der Waals surface area contributed by atoms with Gasteiger partial charge in [0.1, 0.15) is 6.61 Å². The molecule has 106 valence electrons. The molecule has 4 nitrogen and oxygen atoms in total. The summed E-state index contributed by atoms with van der Waals surface area (Å²) < 4.78 is 5.79. The van der Waals surface area contributed by atoms with E-state index in [-0.39, 0.29) is 0 Å². The fourth-order valence-corrected chi connectivity index (χ4v) is 2.46. The molecule has 2 rings (SSSR count). The molecule has 1 aliphatic rings. The summed E-state index contributed by atoms with van der Waals surface area (Å²) in [5.74, 6) is 0.719. The summed E-state index contributed by atoms with van der Waals surface area (Å²) in [4.78, 5) is 6.96. The van der Waals surface area contributed by atoms with Gasteiger partial charge in [0.05, 0.1) is 0 Å². The summed E-state index contributed by atoms with van der Waals surface area (Å²) in [6.07, 6.45) is 4.93. The van der Waals surface area contributed by atoms with Crippen LogP contribution < -0.4 is 10.5 Å². The minimum atomic E-state index is 0.540. The maximum Gasteiger partial charge on any atom is 0.213 e. The van der Waals surface area contributed by atoms with E-state index in [2.05, 4.69) is 22.9 Å². The van der Waals surface area contributed by atoms with Crippen molar-refractivity contribution in [3.8, 4) is 5.88 Å². The van der Waals surface area contributed by atoms with Crippen LogP contribution in [0, 0.1) is 0 Å². The number of nitrogens with two attached hydrogens (primary N) is 1. The lowest BCUT2D eigenvalue weighted by atomic mass is 10.1. The molecule has 4 heteroatoms.